The van der Waals surface area contributed by atoms with Crippen molar-refractivity contribution in [3.8, 4) is 0 Å². The van der Waals surface area contributed by atoms with Crippen molar-refractivity contribution in [2.45, 2.75) is 19.9 Å². The lowest BCUT2D eigenvalue weighted by Crippen LogP contribution is -2.34. The molecule has 0 unspecified atom stereocenters. The molecule has 0 aromatic heterocycles. The van der Waals surface area contributed by atoms with Gasteiger partial charge in [0.25, 0.3) is 0 Å². The van der Waals surface area contributed by atoms with Gasteiger partial charge in [0.1, 0.15) is 6.04 Å². The molecule has 4 nitrogen and oxygen atoms in total. The molecule has 0 saturated carbocycles. The molecule has 2 N–H and O–H groups in total. The fourth-order valence-corrected chi connectivity index (χ4v) is 1.07. The van der Waals surface area contributed by atoms with Crippen LogP contribution < -0.4 is 5.73 Å². The van der Waals surface area contributed by atoms with Gasteiger partial charge in [-0.25, -0.2) is 0 Å². The minimum absolute atomic E-state index is 0.0465. The molecule has 0 saturated heterocycles. The van der Waals surface area contributed by atoms with Crippen LogP contribution in [0.4, 0.5) is 0 Å². The molecular weight excluding hydrogens is 178 g/mol. The molecular formula is C7H13NO3S. The van der Waals surface area contributed by atoms with E-state index < -0.39 is 12.0 Å². The second-order valence-corrected chi connectivity index (χ2v) is 3.36. The van der Waals surface area contributed by atoms with E-state index in [1.807, 2.05) is 0 Å². The number of hydrogen-bond donors (Lipinski definition) is 1. The van der Waals surface area contributed by atoms with Gasteiger partial charge in [-0.1, -0.05) is 11.8 Å². The molecule has 0 fully saturated rings. The Morgan fingerprint density at radius 2 is 2.17 bits per heavy atom. The Hall–Kier alpha value is -0.550. The summed E-state index contributed by atoms with van der Waals surface area (Å²) in [6.45, 7) is 3.46. The number of thioether (sulfide) groups is 1. The third-order valence-corrected chi connectivity index (χ3v) is 1.99. The first kappa shape index (κ1) is 11.4. The fourth-order valence-electron chi connectivity index (χ4n) is 0.524. The predicted octanol–water partition coefficient (Wildman–Crippen LogP) is 0.157. The molecule has 0 aliphatic heterocycles. The highest BCUT2D eigenvalue weighted by Crippen LogP contribution is 2.03. The summed E-state index contributed by atoms with van der Waals surface area (Å²) in [5.41, 5.74) is 5.40. The normalized spacial score (nSPS) is 12.2. The first-order valence-corrected chi connectivity index (χ1v) is 4.62. The predicted molar refractivity (Wildman–Crippen MR) is 47.7 cm³/mol. The Kier molecular flexibility index (Phi) is 5.74. The lowest BCUT2D eigenvalue weighted by atomic mass is 10.4. The van der Waals surface area contributed by atoms with Crippen molar-refractivity contribution >= 4 is 22.8 Å². The molecule has 0 bridgehead atoms. The van der Waals surface area contributed by atoms with E-state index in [4.69, 9.17) is 5.73 Å². The van der Waals surface area contributed by atoms with Crippen molar-refractivity contribution < 1.29 is 14.3 Å². The van der Waals surface area contributed by atoms with Crippen LogP contribution in [0, 0.1) is 0 Å². The van der Waals surface area contributed by atoms with Gasteiger partial charge in [0, 0.05) is 12.7 Å². The van der Waals surface area contributed by atoms with Crippen LogP contribution in [0.1, 0.15) is 13.8 Å². The Labute approximate surface area is 75.8 Å². The highest BCUT2D eigenvalue weighted by molar-refractivity contribution is 8.13. The molecule has 0 radical (unpaired) electrons. The van der Waals surface area contributed by atoms with Gasteiger partial charge >= 0.3 is 5.97 Å². The van der Waals surface area contributed by atoms with E-state index in [0.717, 1.165) is 11.8 Å². The Balaban J connectivity index is 3.63. The molecule has 0 aliphatic carbocycles. The first-order valence-electron chi connectivity index (χ1n) is 3.63. The molecule has 0 spiro atoms. The van der Waals surface area contributed by atoms with Gasteiger partial charge in [-0.15, -0.1) is 0 Å². The maximum atomic E-state index is 10.9. The second-order valence-electron chi connectivity index (χ2n) is 2.16. The summed E-state index contributed by atoms with van der Waals surface area (Å²) in [6.07, 6.45) is 0. The zero-order valence-corrected chi connectivity index (χ0v) is 8.02. The molecule has 0 amide bonds. The summed E-state index contributed by atoms with van der Waals surface area (Å²) in [6, 6.07) is -0.696. The van der Waals surface area contributed by atoms with Gasteiger partial charge < -0.3 is 10.5 Å². The van der Waals surface area contributed by atoms with E-state index in [2.05, 4.69) is 4.74 Å². The quantitative estimate of drug-likeness (QED) is 0.641. The van der Waals surface area contributed by atoms with E-state index >= 15 is 0 Å². The third kappa shape index (κ3) is 5.15. The van der Waals surface area contributed by atoms with Crippen LogP contribution in [0.25, 0.3) is 0 Å². The number of carbonyl (C=O) groups is 2. The van der Waals surface area contributed by atoms with Crippen LogP contribution in [-0.4, -0.2) is 29.5 Å². The topological polar surface area (TPSA) is 69.4 Å². The van der Waals surface area contributed by atoms with Crippen LogP contribution in [0.5, 0.6) is 0 Å². The molecule has 0 aromatic rings. The van der Waals surface area contributed by atoms with Crippen molar-refractivity contribution in [1.29, 1.82) is 0 Å². The smallest absolute Gasteiger partial charge is 0.323 e. The van der Waals surface area contributed by atoms with Gasteiger partial charge in [-0.2, -0.15) is 0 Å². The van der Waals surface area contributed by atoms with E-state index in [1.165, 1.54) is 6.92 Å². The highest BCUT2D eigenvalue weighted by atomic mass is 32.2. The summed E-state index contributed by atoms with van der Waals surface area (Å²) in [5, 5.41) is -0.0465. The number of carbonyl (C=O) groups excluding carboxylic acids is 2. The molecule has 0 heterocycles. The Bertz CT molecular complexity index is 172. The van der Waals surface area contributed by atoms with Gasteiger partial charge in [-0.05, 0) is 6.92 Å². The highest BCUT2D eigenvalue weighted by Gasteiger charge is 2.14. The van der Waals surface area contributed by atoms with Crippen molar-refractivity contribution in [2.75, 3.05) is 12.4 Å². The summed E-state index contributed by atoms with van der Waals surface area (Å²) in [7, 11) is 0. The number of ether oxygens (including phenoxy) is 1. The van der Waals surface area contributed by atoms with Gasteiger partial charge in [0.15, 0.2) is 5.12 Å². The van der Waals surface area contributed by atoms with Crippen LogP contribution in [0.15, 0.2) is 0 Å². The van der Waals surface area contributed by atoms with E-state index in [0.29, 0.717) is 6.61 Å². The lowest BCUT2D eigenvalue weighted by Gasteiger charge is -2.07. The number of esters is 1. The van der Waals surface area contributed by atoms with Crippen LogP contribution in [0.2, 0.25) is 0 Å². The van der Waals surface area contributed by atoms with Gasteiger partial charge in [0.05, 0.1) is 6.61 Å². The molecule has 12 heavy (non-hydrogen) atoms. The van der Waals surface area contributed by atoms with Crippen LogP contribution >= 0.6 is 11.8 Å². The van der Waals surface area contributed by atoms with Crippen LogP contribution in [-0.2, 0) is 14.3 Å². The maximum absolute atomic E-state index is 10.9. The molecule has 1 atom stereocenters. The summed E-state index contributed by atoms with van der Waals surface area (Å²) >= 11 is 1.03. The van der Waals surface area contributed by atoms with E-state index in [1.54, 1.807) is 6.92 Å². The monoisotopic (exact) mass is 191 g/mol. The van der Waals surface area contributed by atoms with Crippen molar-refractivity contribution in [1.82, 2.24) is 0 Å². The van der Waals surface area contributed by atoms with Crippen molar-refractivity contribution in [2.24, 2.45) is 5.73 Å². The zero-order chi connectivity index (χ0) is 9.56. The van der Waals surface area contributed by atoms with Crippen molar-refractivity contribution in [3.05, 3.63) is 0 Å². The molecule has 0 aliphatic rings. The second kappa shape index (κ2) is 6.02. The molecule has 0 aromatic carbocycles. The van der Waals surface area contributed by atoms with Gasteiger partial charge in [0.2, 0.25) is 0 Å². The van der Waals surface area contributed by atoms with E-state index in [9.17, 15) is 9.59 Å². The molecule has 0 rings (SSSR count). The average molecular weight is 191 g/mol. The standard InChI is InChI=1S/C7H13NO3S/c1-3-11-7(10)6(8)4-12-5(2)9/h6H,3-4,8H2,1-2H3/t6-/m0/s1. The first-order chi connectivity index (χ1) is 5.57. The fraction of sp³-hybridized carbons (Fsp3) is 0.714. The largest absolute Gasteiger partial charge is 0.465 e. The van der Waals surface area contributed by atoms with Crippen molar-refractivity contribution in [3.63, 3.8) is 0 Å². The Morgan fingerprint density at radius 1 is 1.58 bits per heavy atom. The SMILES string of the molecule is CCOC(=O)[C@@H](N)CSC(C)=O. The molecule has 70 valence electrons. The third-order valence-electron chi connectivity index (χ3n) is 1.06. The number of rotatable bonds is 4. The zero-order valence-electron chi connectivity index (χ0n) is 7.20. The Morgan fingerprint density at radius 3 is 2.58 bits per heavy atom. The summed E-state index contributed by atoms with van der Waals surface area (Å²) in [5.74, 6) is -0.167. The number of nitrogens with two attached hydrogens (primary N) is 1. The number of hydrogen-bond acceptors (Lipinski definition) is 5. The minimum Gasteiger partial charge on any atom is -0.465 e. The summed E-state index contributed by atoms with van der Waals surface area (Å²) in [4.78, 5) is 21.4. The van der Waals surface area contributed by atoms with E-state index in [-0.39, 0.29) is 10.9 Å². The summed E-state index contributed by atoms with van der Waals surface area (Å²) < 4.78 is 4.65. The maximum Gasteiger partial charge on any atom is 0.323 e. The minimum atomic E-state index is -0.696. The lowest BCUT2D eigenvalue weighted by molar-refractivity contribution is -0.144. The van der Waals surface area contributed by atoms with Crippen LogP contribution in [0.3, 0.4) is 0 Å². The molecule has 5 heteroatoms. The average Bonchev–Trinajstić information content (AvgIpc) is 2.00. The van der Waals surface area contributed by atoms with Gasteiger partial charge in [-0.3, -0.25) is 9.59 Å².